The Morgan fingerprint density at radius 1 is 1.05 bits per heavy atom. The first kappa shape index (κ1) is 17.1. The lowest BCUT2D eigenvalue weighted by Gasteiger charge is -2.22. The van der Waals surface area contributed by atoms with Gasteiger partial charge < -0.3 is 0 Å². The molecule has 2 aromatic rings. The molecule has 0 heterocycles. The first-order valence-corrected chi connectivity index (χ1v) is 8.62. The highest BCUT2D eigenvalue weighted by Gasteiger charge is 2.26. The summed E-state index contributed by atoms with van der Waals surface area (Å²) >= 11 is 7.71. The summed E-state index contributed by atoms with van der Waals surface area (Å²) in [6.07, 6.45) is 0.519. The molecule has 1 nitrogen and oxygen atoms in total. The Kier molecular flexibility index (Phi) is 5.71. The largest absolute Gasteiger partial charge is 0.299 e. The number of rotatable bonds is 5. The second-order valence-corrected chi connectivity index (χ2v) is 8.06. The van der Waals surface area contributed by atoms with E-state index in [1.807, 2.05) is 63.2 Å². The monoisotopic (exact) mass is 332 g/mol. The lowest BCUT2D eigenvalue weighted by atomic mass is 9.87. The van der Waals surface area contributed by atoms with Gasteiger partial charge in [0, 0.05) is 27.0 Å². The fourth-order valence-electron chi connectivity index (χ4n) is 2.04. The van der Waals surface area contributed by atoms with Crippen LogP contribution in [0.1, 0.15) is 38.0 Å². The standard InChI is InChI=1S/C19H21ClOS/c1-19(2,3)18(21)13-17(14-9-11-15(20)12-10-14)22-16-7-5-4-6-8-16/h4-12,17H,13H2,1-3H3. The van der Waals surface area contributed by atoms with Crippen molar-refractivity contribution in [3.8, 4) is 0 Å². The molecule has 0 saturated heterocycles. The van der Waals surface area contributed by atoms with Crippen LogP contribution in [0, 0.1) is 5.41 Å². The second kappa shape index (κ2) is 7.34. The summed E-state index contributed by atoms with van der Waals surface area (Å²) in [5.74, 6) is 0.274. The number of carbonyl (C=O) groups is 1. The number of thioether (sulfide) groups is 1. The van der Waals surface area contributed by atoms with E-state index >= 15 is 0 Å². The van der Waals surface area contributed by atoms with Crippen molar-refractivity contribution in [2.45, 2.75) is 37.3 Å². The summed E-state index contributed by atoms with van der Waals surface area (Å²) in [5.41, 5.74) is 0.818. The Bertz CT molecular complexity index is 614. The van der Waals surface area contributed by atoms with E-state index in [-0.39, 0.29) is 16.4 Å². The third-order valence-corrected chi connectivity index (χ3v) is 4.99. The van der Waals surface area contributed by atoms with Crippen LogP contribution < -0.4 is 0 Å². The van der Waals surface area contributed by atoms with Gasteiger partial charge in [0.2, 0.25) is 0 Å². The minimum atomic E-state index is -0.318. The number of carbonyl (C=O) groups excluding carboxylic acids is 1. The predicted molar refractivity (Wildman–Crippen MR) is 95.6 cm³/mol. The molecule has 0 aliphatic carbocycles. The van der Waals surface area contributed by atoms with Gasteiger partial charge in [-0.05, 0) is 29.8 Å². The Balaban J connectivity index is 2.24. The zero-order valence-electron chi connectivity index (χ0n) is 13.2. The molecular weight excluding hydrogens is 312 g/mol. The van der Waals surface area contributed by atoms with Gasteiger partial charge in [-0.2, -0.15) is 0 Å². The van der Waals surface area contributed by atoms with Gasteiger partial charge in [-0.3, -0.25) is 4.79 Å². The fourth-order valence-corrected chi connectivity index (χ4v) is 3.34. The van der Waals surface area contributed by atoms with Gasteiger partial charge >= 0.3 is 0 Å². The van der Waals surface area contributed by atoms with Gasteiger partial charge in [0.25, 0.3) is 0 Å². The molecule has 0 amide bonds. The Labute approximate surface area is 142 Å². The smallest absolute Gasteiger partial charge is 0.139 e. The molecule has 0 aliphatic heterocycles. The van der Waals surface area contributed by atoms with Gasteiger partial charge in [-0.15, -0.1) is 11.8 Å². The van der Waals surface area contributed by atoms with Crippen molar-refractivity contribution in [1.29, 1.82) is 0 Å². The van der Waals surface area contributed by atoms with E-state index in [4.69, 9.17) is 11.6 Å². The first-order chi connectivity index (χ1) is 10.4. The van der Waals surface area contributed by atoms with Crippen LogP contribution in [0.2, 0.25) is 5.02 Å². The van der Waals surface area contributed by atoms with E-state index in [0.29, 0.717) is 11.4 Å². The summed E-state index contributed by atoms with van der Waals surface area (Å²) < 4.78 is 0. The molecule has 3 heteroatoms. The van der Waals surface area contributed by atoms with Crippen molar-refractivity contribution in [3.63, 3.8) is 0 Å². The molecule has 1 atom stereocenters. The number of Topliss-reactive ketones (excluding diaryl/α,β-unsaturated/α-hetero) is 1. The maximum Gasteiger partial charge on any atom is 0.139 e. The lowest BCUT2D eigenvalue weighted by molar-refractivity contribution is -0.126. The van der Waals surface area contributed by atoms with Gasteiger partial charge in [0.05, 0.1) is 0 Å². The van der Waals surface area contributed by atoms with E-state index in [0.717, 1.165) is 5.56 Å². The summed E-state index contributed by atoms with van der Waals surface area (Å²) in [6, 6.07) is 18.0. The van der Waals surface area contributed by atoms with Crippen molar-refractivity contribution < 1.29 is 4.79 Å². The quantitative estimate of drug-likeness (QED) is 0.608. The Morgan fingerprint density at radius 2 is 1.64 bits per heavy atom. The van der Waals surface area contributed by atoms with Crippen LogP contribution in [0.4, 0.5) is 0 Å². The molecule has 0 aliphatic rings. The molecule has 0 N–H and O–H groups in total. The van der Waals surface area contributed by atoms with Crippen molar-refractivity contribution in [3.05, 3.63) is 65.2 Å². The van der Waals surface area contributed by atoms with E-state index < -0.39 is 0 Å². The average molecular weight is 333 g/mol. The molecule has 116 valence electrons. The number of hydrogen-bond acceptors (Lipinski definition) is 2. The van der Waals surface area contributed by atoms with E-state index in [2.05, 4.69) is 12.1 Å². The third kappa shape index (κ3) is 4.89. The summed E-state index contributed by atoms with van der Waals surface area (Å²) in [5, 5.41) is 0.820. The number of halogens is 1. The minimum absolute atomic E-state index is 0.103. The molecule has 0 fully saturated rings. The molecule has 0 saturated carbocycles. The van der Waals surface area contributed by atoms with E-state index in [1.165, 1.54) is 4.90 Å². The van der Waals surface area contributed by atoms with Crippen LogP contribution in [-0.4, -0.2) is 5.78 Å². The molecule has 0 radical (unpaired) electrons. The minimum Gasteiger partial charge on any atom is -0.299 e. The first-order valence-electron chi connectivity index (χ1n) is 7.37. The van der Waals surface area contributed by atoms with Crippen molar-refractivity contribution in [2.24, 2.45) is 5.41 Å². The zero-order chi connectivity index (χ0) is 16.2. The van der Waals surface area contributed by atoms with Crippen molar-refractivity contribution in [1.82, 2.24) is 0 Å². The third-order valence-electron chi connectivity index (χ3n) is 3.47. The van der Waals surface area contributed by atoms with E-state index in [1.54, 1.807) is 11.8 Å². The summed E-state index contributed by atoms with van der Waals surface area (Å²) in [6.45, 7) is 5.92. The van der Waals surface area contributed by atoms with Crippen molar-refractivity contribution >= 4 is 29.1 Å². The summed E-state index contributed by atoms with van der Waals surface area (Å²) in [7, 11) is 0. The van der Waals surface area contributed by atoms with Gasteiger partial charge in [0.15, 0.2) is 0 Å². The highest BCUT2D eigenvalue weighted by Crippen LogP contribution is 2.39. The van der Waals surface area contributed by atoms with Gasteiger partial charge in [-0.25, -0.2) is 0 Å². The molecule has 0 bridgehead atoms. The fraction of sp³-hybridized carbons (Fsp3) is 0.316. The lowest BCUT2D eigenvalue weighted by Crippen LogP contribution is -2.21. The van der Waals surface area contributed by atoms with Crippen LogP contribution in [0.15, 0.2) is 59.5 Å². The van der Waals surface area contributed by atoms with Crippen LogP contribution >= 0.6 is 23.4 Å². The highest BCUT2D eigenvalue weighted by molar-refractivity contribution is 7.99. The number of ketones is 1. The molecule has 2 rings (SSSR count). The molecule has 0 aromatic heterocycles. The molecular formula is C19H21ClOS. The van der Waals surface area contributed by atoms with E-state index in [9.17, 15) is 4.79 Å². The normalized spacial score (nSPS) is 12.9. The number of hydrogen-bond donors (Lipinski definition) is 0. The van der Waals surface area contributed by atoms with Crippen LogP contribution in [0.25, 0.3) is 0 Å². The highest BCUT2D eigenvalue weighted by atomic mass is 35.5. The van der Waals surface area contributed by atoms with Crippen LogP contribution in [0.5, 0.6) is 0 Å². The maximum absolute atomic E-state index is 12.5. The second-order valence-electron chi connectivity index (χ2n) is 6.35. The molecule has 2 aromatic carbocycles. The van der Waals surface area contributed by atoms with Crippen molar-refractivity contribution in [2.75, 3.05) is 0 Å². The number of benzene rings is 2. The average Bonchev–Trinajstić information content (AvgIpc) is 2.47. The Morgan fingerprint density at radius 3 is 2.18 bits per heavy atom. The van der Waals surface area contributed by atoms with Crippen LogP contribution in [0.3, 0.4) is 0 Å². The molecule has 1 unspecified atom stereocenters. The predicted octanol–water partition coefficient (Wildman–Crippen LogP) is 6.18. The maximum atomic E-state index is 12.5. The van der Waals surface area contributed by atoms with Gasteiger partial charge in [0.1, 0.15) is 5.78 Å². The van der Waals surface area contributed by atoms with Crippen LogP contribution in [-0.2, 0) is 4.79 Å². The topological polar surface area (TPSA) is 17.1 Å². The SMILES string of the molecule is CC(C)(C)C(=O)CC(Sc1ccccc1)c1ccc(Cl)cc1. The molecule has 0 spiro atoms. The summed E-state index contributed by atoms with van der Waals surface area (Å²) in [4.78, 5) is 13.6. The Hall–Kier alpha value is -1.25. The molecule has 22 heavy (non-hydrogen) atoms. The van der Waals surface area contributed by atoms with Gasteiger partial charge in [-0.1, -0.05) is 62.7 Å². The zero-order valence-corrected chi connectivity index (χ0v) is 14.7.